The van der Waals surface area contributed by atoms with Gasteiger partial charge in [-0.15, -0.1) is 0 Å². The fourth-order valence-electron chi connectivity index (χ4n) is 10.6. The van der Waals surface area contributed by atoms with Gasteiger partial charge in [0, 0.05) is 77.3 Å². The van der Waals surface area contributed by atoms with Crippen LogP contribution in [-0.4, -0.2) is 43.1 Å². The zero-order valence-corrected chi connectivity index (χ0v) is 47.6. The number of carboxylic acid groups (broad SMARTS) is 2. The third kappa shape index (κ3) is 13.7. The van der Waals surface area contributed by atoms with E-state index in [1.54, 1.807) is 48.8 Å². The largest absolute Gasteiger partial charge is 0.488 e. The number of carbonyl (C=O) groups is 2. The van der Waals surface area contributed by atoms with Crippen LogP contribution in [0.1, 0.15) is 85.2 Å². The summed E-state index contributed by atoms with van der Waals surface area (Å²) in [5, 5.41) is 44.6. The topological polar surface area (TPSA) is 213 Å². The molecule has 14 nitrogen and oxygen atoms in total. The normalized spacial score (nSPS) is 12.4. The van der Waals surface area contributed by atoms with Gasteiger partial charge in [-0.25, -0.2) is 0 Å². The van der Waals surface area contributed by atoms with Crippen LogP contribution in [0, 0.1) is 42.4 Å². The van der Waals surface area contributed by atoms with Gasteiger partial charge in [-0.05, 0) is 137 Å². The Hall–Kier alpha value is -9.44. The van der Waals surface area contributed by atoms with Gasteiger partial charge in [0.05, 0.1) is 27.1 Å². The summed E-state index contributed by atoms with van der Waals surface area (Å²) in [5.74, 6) is -0.948. The van der Waals surface area contributed by atoms with E-state index >= 15 is 0 Å². The summed E-state index contributed by atoms with van der Waals surface area (Å²) >= 11 is 14.0. The monoisotopic (exact) mass is 1160 g/mol. The van der Waals surface area contributed by atoms with Crippen molar-refractivity contribution < 1.29 is 38.7 Å². The number of aromatic nitrogens is 3. The van der Waals surface area contributed by atoms with Crippen molar-refractivity contribution >= 4 is 51.6 Å². The van der Waals surface area contributed by atoms with Gasteiger partial charge in [-0.3, -0.25) is 24.9 Å². The van der Waals surface area contributed by atoms with Crippen LogP contribution in [0.25, 0.3) is 27.6 Å². The standard InChI is InChI=1S/C68H58Cl2N6O8/c1-41-51(39-83-65-27-63(81-37-45-21-43(29-71)31-73-33-45)49(24-59(65)69)19-20-50(67(77)78)23-53-35-75-61-16-6-5-13-58(53)61)10-7-14-55(41)56-15-8-11-52(42(56)2)40-84-66-28-64(82-38-46-22-44(30-72)32-74-34-46)54(25-60(66)70)36-76-62(68(79)80)26-48-18-17-47-9-3-4-12-57(47)48/h3-16,18,21-22,24-25,27-28,31-35,50,62,75-76H,17,19-20,23,26,36-40H2,1-2H3,(H,77,78)(H,79,80). The molecule has 3 heterocycles. The highest BCUT2D eigenvalue weighted by molar-refractivity contribution is 6.32. The average molecular weight is 1160 g/mol. The second-order valence-electron chi connectivity index (χ2n) is 20.7. The van der Waals surface area contributed by atoms with Gasteiger partial charge in [0.15, 0.2) is 0 Å². The molecule has 2 atom stereocenters. The molecule has 9 aromatic rings. The van der Waals surface area contributed by atoms with Crippen LogP contribution in [0.5, 0.6) is 23.0 Å². The molecule has 0 bridgehead atoms. The summed E-state index contributed by atoms with van der Waals surface area (Å²) in [6.45, 7) is 4.70. The molecule has 0 aliphatic heterocycles. The maximum absolute atomic E-state index is 12.7. The Morgan fingerprint density at radius 3 is 1.79 bits per heavy atom. The molecule has 0 saturated heterocycles. The molecule has 4 N–H and O–H groups in total. The van der Waals surface area contributed by atoms with E-state index in [-0.39, 0.29) is 39.4 Å². The molecule has 0 fully saturated rings. The number of rotatable bonds is 25. The molecule has 0 radical (unpaired) electrons. The molecule has 2 unspecified atom stereocenters. The minimum Gasteiger partial charge on any atom is -0.488 e. The second-order valence-corrected chi connectivity index (χ2v) is 21.5. The molecule has 84 heavy (non-hydrogen) atoms. The maximum Gasteiger partial charge on any atom is 0.321 e. The number of nitriles is 2. The minimum absolute atomic E-state index is 0.0745. The van der Waals surface area contributed by atoms with Gasteiger partial charge >= 0.3 is 11.9 Å². The number of hydrogen-bond donors (Lipinski definition) is 4. The van der Waals surface area contributed by atoms with Gasteiger partial charge in [-0.1, -0.05) is 108 Å². The quantitative estimate of drug-likeness (QED) is 0.0420. The van der Waals surface area contributed by atoms with Crippen molar-refractivity contribution in [3.8, 4) is 46.3 Å². The van der Waals surface area contributed by atoms with E-state index in [1.807, 2.05) is 86.8 Å². The van der Waals surface area contributed by atoms with Crippen LogP contribution in [-0.2, 0) is 61.8 Å². The molecule has 6 aromatic carbocycles. The lowest BCUT2D eigenvalue weighted by Gasteiger charge is -2.20. The number of halogens is 2. The number of benzene rings is 6. The number of nitrogens with one attached hydrogen (secondary N) is 2. The van der Waals surface area contributed by atoms with Crippen molar-refractivity contribution in [2.24, 2.45) is 5.92 Å². The van der Waals surface area contributed by atoms with Crippen molar-refractivity contribution in [3.05, 3.63) is 241 Å². The van der Waals surface area contributed by atoms with E-state index < -0.39 is 23.9 Å². The highest BCUT2D eigenvalue weighted by atomic mass is 35.5. The van der Waals surface area contributed by atoms with Crippen molar-refractivity contribution in [3.63, 3.8) is 0 Å². The molecule has 1 aliphatic carbocycles. The summed E-state index contributed by atoms with van der Waals surface area (Å²) in [5.41, 5.74) is 14.3. The number of carboxylic acids is 2. The number of aliphatic carboxylic acids is 2. The Morgan fingerprint density at radius 2 is 1.18 bits per heavy atom. The van der Waals surface area contributed by atoms with Crippen LogP contribution in [0.2, 0.25) is 10.0 Å². The smallest absolute Gasteiger partial charge is 0.321 e. The number of aromatic amines is 1. The van der Waals surface area contributed by atoms with Gasteiger partial charge in [0.1, 0.15) is 67.6 Å². The number of para-hydroxylation sites is 1. The lowest BCUT2D eigenvalue weighted by molar-refractivity contribution is -0.142. The Labute approximate surface area is 496 Å². The molecule has 422 valence electrons. The van der Waals surface area contributed by atoms with Crippen LogP contribution >= 0.6 is 23.2 Å². The Morgan fingerprint density at radius 1 is 0.619 bits per heavy atom. The van der Waals surface area contributed by atoms with Crippen LogP contribution in [0.15, 0.2) is 158 Å². The number of pyridine rings is 2. The molecule has 0 spiro atoms. The molecule has 3 aromatic heterocycles. The van der Waals surface area contributed by atoms with E-state index in [0.29, 0.717) is 85.7 Å². The summed E-state index contributed by atoms with van der Waals surface area (Å²) in [4.78, 5) is 36.9. The Bertz CT molecular complexity index is 4050. The van der Waals surface area contributed by atoms with E-state index in [1.165, 1.54) is 18.0 Å². The Kier molecular flexibility index (Phi) is 18.3. The number of aryl methyl sites for hydroxylation is 1. The van der Waals surface area contributed by atoms with Crippen LogP contribution < -0.4 is 24.3 Å². The number of fused-ring (bicyclic) bond motifs is 2. The van der Waals surface area contributed by atoms with Crippen LogP contribution in [0.3, 0.4) is 0 Å². The summed E-state index contributed by atoms with van der Waals surface area (Å²) < 4.78 is 25.8. The van der Waals surface area contributed by atoms with E-state index in [4.69, 9.17) is 42.1 Å². The molecule has 16 heteroatoms. The van der Waals surface area contributed by atoms with Crippen molar-refractivity contribution in [2.45, 2.75) is 85.0 Å². The third-order valence-electron chi connectivity index (χ3n) is 15.3. The lowest BCUT2D eigenvalue weighted by Crippen LogP contribution is -2.36. The molecule has 1 aliphatic rings. The highest BCUT2D eigenvalue weighted by Crippen LogP contribution is 2.39. The third-order valence-corrected chi connectivity index (χ3v) is 15.9. The van der Waals surface area contributed by atoms with E-state index in [0.717, 1.165) is 67.4 Å². The zero-order valence-electron chi connectivity index (χ0n) is 46.1. The first kappa shape index (κ1) is 57.8. The molecule has 10 rings (SSSR count). The SMILES string of the molecule is Cc1c(COc2cc(OCc3cncc(C#N)c3)c(CCC(Cc3c[nH]c4ccccc34)C(=O)O)cc2Cl)cccc1-c1cccc(COc2cc(OCc3cncc(C#N)c3)c(CNC(CC3=CCc4ccccc43)C(=O)O)cc2Cl)c1C. The van der Waals surface area contributed by atoms with Crippen LogP contribution in [0.4, 0.5) is 0 Å². The summed E-state index contributed by atoms with van der Waals surface area (Å²) in [7, 11) is 0. The van der Waals surface area contributed by atoms with Crippen molar-refractivity contribution in [2.75, 3.05) is 0 Å². The van der Waals surface area contributed by atoms with Gasteiger partial charge in [0.25, 0.3) is 0 Å². The lowest BCUT2D eigenvalue weighted by atomic mass is 9.92. The zero-order chi connectivity index (χ0) is 58.7. The fraction of sp³-hybridized carbons (Fsp3) is 0.206. The minimum atomic E-state index is -0.982. The average Bonchev–Trinajstić information content (AvgIpc) is 4.27. The van der Waals surface area contributed by atoms with Crippen molar-refractivity contribution in [1.29, 1.82) is 10.5 Å². The van der Waals surface area contributed by atoms with Gasteiger partial charge in [0.2, 0.25) is 0 Å². The predicted octanol–water partition coefficient (Wildman–Crippen LogP) is 14.1. The molecule has 0 amide bonds. The number of hydrogen-bond acceptors (Lipinski definition) is 11. The maximum atomic E-state index is 12.7. The number of allylic oxidation sites excluding steroid dienone is 1. The van der Waals surface area contributed by atoms with Gasteiger partial charge in [-0.2, -0.15) is 10.5 Å². The fourth-order valence-corrected chi connectivity index (χ4v) is 11.1. The first-order valence-corrected chi connectivity index (χ1v) is 28.1. The first-order valence-electron chi connectivity index (χ1n) is 27.3. The number of H-pyrrole nitrogens is 1. The summed E-state index contributed by atoms with van der Waals surface area (Å²) in [6.07, 6.45) is 12.2. The predicted molar refractivity (Wildman–Crippen MR) is 322 cm³/mol. The molecule has 0 saturated carbocycles. The van der Waals surface area contributed by atoms with Gasteiger partial charge < -0.3 is 34.1 Å². The van der Waals surface area contributed by atoms with E-state index in [2.05, 4.69) is 56.7 Å². The second kappa shape index (κ2) is 26.6. The molecular weight excluding hydrogens is 1100 g/mol. The highest BCUT2D eigenvalue weighted by Gasteiger charge is 2.25. The molecular formula is C68H58Cl2N6O8. The number of nitrogens with zero attached hydrogens (tertiary/aromatic N) is 4. The summed E-state index contributed by atoms with van der Waals surface area (Å²) in [6, 6.07) is 41.6. The Balaban J connectivity index is 0.850. The number of ether oxygens (including phenoxy) is 4. The van der Waals surface area contributed by atoms with E-state index in [9.17, 15) is 30.3 Å². The van der Waals surface area contributed by atoms with Crippen molar-refractivity contribution in [1.82, 2.24) is 20.3 Å². The first-order chi connectivity index (χ1) is 40.8.